The smallest absolute Gasteiger partial charge is 0.331 e. The minimum atomic E-state index is -0.219. The molecule has 0 saturated carbocycles. The number of likely N-dealkylation sites (N-methyl/N-ethyl adjacent to an activating group) is 1. The number of nitrogens with zero attached hydrogens (tertiary/aromatic N) is 2. The van der Waals surface area contributed by atoms with E-state index in [4.69, 9.17) is 5.84 Å². The molecule has 0 spiro atoms. The van der Waals surface area contributed by atoms with Crippen LogP contribution in [0.15, 0.2) is 0 Å². The number of hydrogen-bond donors (Lipinski definition) is 2. The van der Waals surface area contributed by atoms with Crippen LogP contribution >= 0.6 is 0 Å². The van der Waals surface area contributed by atoms with E-state index in [0.29, 0.717) is 12.6 Å². The van der Waals surface area contributed by atoms with Gasteiger partial charge in [0, 0.05) is 13.1 Å². The molecule has 1 heterocycles. The summed E-state index contributed by atoms with van der Waals surface area (Å²) in [7, 11) is 3.67. The van der Waals surface area contributed by atoms with Crippen molar-refractivity contribution in [3.05, 3.63) is 0 Å². The first kappa shape index (κ1) is 11.3. The number of piperidine rings is 1. The van der Waals surface area contributed by atoms with Crippen LogP contribution in [-0.4, -0.2) is 49.2 Å². The Morgan fingerprint density at radius 1 is 1.64 bits per heavy atom. The summed E-state index contributed by atoms with van der Waals surface area (Å²) in [6.07, 6.45) is 3.61. The zero-order chi connectivity index (χ0) is 10.6. The van der Waals surface area contributed by atoms with E-state index in [2.05, 4.69) is 17.3 Å². The van der Waals surface area contributed by atoms with Crippen LogP contribution in [0.5, 0.6) is 0 Å². The first-order chi connectivity index (χ1) is 6.65. The second-order valence-corrected chi connectivity index (χ2v) is 3.84. The van der Waals surface area contributed by atoms with Gasteiger partial charge in [0.15, 0.2) is 0 Å². The van der Waals surface area contributed by atoms with E-state index in [1.54, 1.807) is 7.05 Å². The number of hydrazine groups is 1. The minimum Gasteiger partial charge on any atom is -0.340 e. The lowest BCUT2D eigenvalue weighted by molar-refractivity contribution is 0.135. The van der Waals surface area contributed by atoms with Crippen molar-refractivity contribution >= 4 is 6.03 Å². The first-order valence-electron chi connectivity index (χ1n) is 5.09. The Hall–Kier alpha value is -0.810. The molecular weight excluding hydrogens is 180 g/mol. The van der Waals surface area contributed by atoms with Crippen molar-refractivity contribution in [3.8, 4) is 0 Å². The average molecular weight is 200 g/mol. The lowest BCUT2D eigenvalue weighted by atomic mass is 10.0. The average Bonchev–Trinajstić information content (AvgIpc) is 2.20. The summed E-state index contributed by atoms with van der Waals surface area (Å²) < 4.78 is 0. The van der Waals surface area contributed by atoms with Crippen molar-refractivity contribution in [1.82, 2.24) is 15.2 Å². The van der Waals surface area contributed by atoms with Gasteiger partial charge in [0.1, 0.15) is 0 Å². The summed E-state index contributed by atoms with van der Waals surface area (Å²) in [5.74, 6) is 5.62. The van der Waals surface area contributed by atoms with Crippen LogP contribution in [0, 0.1) is 0 Å². The van der Waals surface area contributed by atoms with Crippen molar-refractivity contribution < 1.29 is 4.79 Å². The van der Waals surface area contributed by atoms with Gasteiger partial charge in [-0.1, -0.05) is 6.42 Å². The second-order valence-electron chi connectivity index (χ2n) is 3.84. The van der Waals surface area contributed by atoms with Gasteiger partial charge < -0.3 is 10.2 Å². The number of carbonyl (C=O) groups is 1. The summed E-state index contributed by atoms with van der Waals surface area (Å²) >= 11 is 0. The molecule has 1 fully saturated rings. The number of likely N-dealkylation sites (tertiary alicyclic amines) is 1. The molecule has 5 nitrogen and oxygen atoms in total. The Kier molecular flexibility index (Phi) is 4.16. The van der Waals surface area contributed by atoms with Gasteiger partial charge in [-0.25, -0.2) is 10.6 Å². The fourth-order valence-corrected chi connectivity index (χ4v) is 1.83. The fraction of sp³-hybridized carbons (Fsp3) is 0.889. The van der Waals surface area contributed by atoms with Crippen molar-refractivity contribution in [1.29, 1.82) is 0 Å². The number of nitrogens with two attached hydrogens (primary N) is 1. The van der Waals surface area contributed by atoms with Crippen LogP contribution in [0.3, 0.4) is 0 Å². The molecule has 5 heteroatoms. The van der Waals surface area contributed by atoms with E-state index in [1.165, 1.54) is 17.9 Å². The summed E-state index contributed by atoms with van der Waals surface area (Å²) in [4.78, 5) is 13.4. The van der Waals surface area contributed by atoms with Gasteiger partial charge >= 0.3 is 6.03 Å². The Balaban J connectivity index is 2.38. The highest BCUT2D eigenvalue weighted by molar-refractivity contribution is 5.73. The van der Waals surface area contributed by atoms with Gasteiger partial charge in [-0.15, -0.1) is 0 Å². The van der Waals surface area contributed by atoms with E-state index in [1.807, 2.05) is 0 Å². The van der Waals surface area contributed by atoms with Crippen LogP contribution in [0.25, 0.3) is 0 Å². The van der Waals surface area contributed by atoms with Gasteiger partial charge in [-0.3, -0.25) is 5.01 Å². The maximum atomic E-state index is 11.2. The molecule has 0 aromatic rings. The Bertz CT molecular complexity index is 197. The summed E-state index contributed by atoms with van der Waals surface area (Å²) in [6.45, 7) is 1.71. The third kappa shape index (κ3) is 2.85. The van der Waals surface area contributed by atoms with Gasteiger partial charge in [-0.2, -0.15) is 0 Å². The highest BCUT2D eigenvalue weighted by atomic mass is 16.2. The van der Waals surface area contributed by atoms with Crippen LogP contribution < -0.4 is 11.2 Å². The fourth-order valence-electron chi connectivity index (χ4n) is 1.83. The minimum absolute atomic E-state index is 0.219. The molecular formula is C9H20N4O. The number of rotatable bonds is 2. The highest BCUT2D eigenvalue weighted by Gasteiger charge is 2.21. The monoisotopic (exact) mass is 200 g/mol. The molecule has 14 heavy (non-hydrogen) atoms. The van der Waals surface area contributed by atoms with Gasteiger partial charge in [0.05, 0.1) is 6.54 Å². The lowest BCUT2D eigenvalue weighted by Gasteiger charge is -2.34. The molecule has 1 rings (SSSR count). The molecule has 1 saturated heterocycles. The second kappa shape index (κ2) is 5.17. The van der Waals surface area contributed by atoms with Crippen molar-refractivity contribution in [2.24, 2.45) is 5.84 Å². The number of amides is 2. The van der Waals surface area contributed by atoms with E-state index in [0.717, 1.165) is 13.0 Å². The molecule has 0 aliphatic carbocycles. The standard InChI is InChI=1S/C9H20N4O/c1-11-9(14)13(10)7-8-5-3-4-6-12(8)2/h8H,3-7,10H2,1-2H3,(H,11,14). The normalized spacial score (nSPS) is 23.2. The molecule has 2 amide bonds. The predicted octanol–water partition coefficient (Wildman–Crippen LogP) is -0.0142. The van der Waals surface area contributed by atoms with Crippen molar-refractivity contribution in [3.63, 3.8) is 0 Å². The maximum absolute atomic E-state index is 11.2. The van der Waals surface area contributed by atoms with Crippen LogP contribution in [0.2, 0.25) is 0 Å². The van der Waals surface area contributed by atoms with E-state index in [9.17, 15) is 4.79 Å². The summed E-state index contributed by atoms with van der Waals surface area (Å²) in [5.41, 5.74) is 0. The molecule has 0 aromatic heterocycles. The molecule has 1 atom stereocenters. The molecule has 0 bridgehead atoms. The van der Waals surface area contributed by atoms with Crippen molar-refractivity contribution in [2.45, 2.75) is 25.3 Å². The third-order valence-electron chi connectivity index (χ3n) is 2.80. The molecule has 1 aliphatic rings. The Labute approximate surface area is 85.2 Å². The van der Waals surface area contributed by atoms with Crippen LogP contribution in [-0.2, 0) is 0 Å². The quantitative estimate of drug-likeness (QED) is 0.374. The first-order valence-corrected chi connectivity index (χ1v) is 5.09. The van der Waals surface area contributed by atoms with Crippen LogP contribution in [0.4, 0.5) is 4.79 Å². The molecule has 3 N–H and O–H groups in total. The Morgan fingerprint density at radius 2 is 2.36 bits per heavy atom. The van der Waals surface area contributed by atoms with Crippen LogP contribution in [0.1, 0.15) is 19.3 Å². The predicted molar refractivity (Wildman–Crippen MR) is 55.6 cm³/mol. The number of urea groups is 1. The van der Waals surface area contributed by atoms with E-state index < -0.39 is 0 Å². The van der Waals surface area contributed by atoms with Crippen molar-refractivity contribution in [2.75, 3.05) is 27.2 Å². The topological polar surface area (TPSA) is 61.6 Å². The molecule has 82 valence electrons. The lowest BCUT2D eigenvalue weighted by Crippen LogP contribution is -2.51. The highest BCUT2D eigenvalue weighted by Crippen LogP contribution is 2.15. The zero-order valence-electron chi connectivity index (χ0n) is 8.99. The molecule has 1 unspecified atom stereocenters. The van der Waals surface area contributed by atoms with E-state index >= 15 is 0 Å². The SMILES string of the molecule is CNC(=O)N(N)CC1CCCCN1C. The number of nitrogens with one attached hydrogen (secondary N) is 1. The summed E-state index contributed by atoms with van der Waals surface area (Å²) in [6, 6.07) is 0.190. The summed E-state index contributed by atoms with van der Waals surface area (Å²) in [5, 5.41) is 3.77. The van der Waals surface area contributed by atoms with Gasteiger partial charge in [0.2, 0.25) is 0 Å². The maximum Gasteiger partial charge on any atom is 0.331 e. The molecule has 1 aliphatic heterocycles. The third-order valence-corrected chi connectivity index (χ3v) is 2.80. The Morgan fingerprint density at radius 3 is 2.93 bits per heavy atom. The molecule has 0 radical (unpaired) electrons. The number of hydrogen-bond acceptors (Lipinski definition) is 3. The zero-order valence-corrected chi connectivity index (χ0v) is 8.99. The van der Waals surface area contributed by atoms with Gasteiger partial charge in [-0.05, 0) is 26.4 Å². The van der Waals surface area contributed by atoms with E-state index in [-0.39, 0.29) is 6.03 Å². The largest absolute Gasteiger partial charge is 0.340 e. The molecule has 0 aromatic carbocycles. The number of carbonyl (C=O) groups excluding carboxylic acids is 1. The van der Waals surface area contributed by atoms with Gasteiger partial charge in [0.25, 0.3) is 0 Å².